The molecule has 5 aromatic rings. The minimum Gasteiger partial charge on any atom is -0.481 e. The van der Waals surface area contributed by atoms with Gasteiger partial charge in [-0.25, -0.2) is 9.97 Å². The van der Waals surface area contributed by atoms with E-state index in [1.165, 1.54) is 0 Å². The minimum absolute atomic E-state index is 0.319. The number of rotatable bonds is 6. The average Bonchev–Trinajstić information content (AvgIpc) is 3.72. The largest absolute Gasteiger partial charge is 0.481 e. The molecule has 214 valence electrons. The highest BCUT2D eigenvalue weighted by atomic mass is 35.5. The second-order valence-electron chi connectivity index (χ2n) is 11.3. The lowest BCUT2D eigenvalue weighted by Gasteiger charge is -2.15. The quantitative estimate of drug-likeness (QED) is 0.230. The number of fused-ring (bicyclic) bond motifs is 2. The zero-order valence-electron chi connectivity index (χ0n) is 23.5. The van der Waals surface area contributed by atoms with E-state index in [0.29, 0.717) is 47.4 Å². The summed E-state index contributed by atoms with van der Waals surface area (Å²) in [5.41, 5.74) is 9.42. The molecule has 0 amide bonds. The van der Waals surface area contributed by atoms with Gasteiger partial charge in [0.05, 0.1) is 16.6 Å². The Labute approximate surface area is 248 Å². The van der Waals surface area contributed by atoms with Crippen molar-refractivity contribution in [2.24, 2.45) is 5.92 Å². The van der Waals surface area contributed by atoms with Crippen LogP contribution in [0.15, 0.2) is 57.4 Å². The Morgan fingerprint density at radius 1 is 1.02 bits per heavy atom. The first-order chi connectivity index (χ1) is 20.4. The molecule has 8 nitrogen and oxygen atoms in total. The molecule has 0 aliphatic carbocycles. The van der Waals surface area contributed by atoms with E-state index in [1.54, 1.807) is 0 Å². The van der Waals surface area contributed by atoms with Crippen LogP contribution in [0, 0.1) is 19.8 Å². The zero-order chi connectivity index (χ0) is 29.0. The second-order valence-corrected chi connectivity index (χ2v) is 11.7. The van der Waals surface area contributed by atoms with Crippen molar-refractivity contribution >= 4 is 28.7 Å². The Kier molecular flexibility index (Phi) is 6.85. The summed E-state index contributed by atoms with van der Waals surface area (Å²) in [6.07, 6.45) is 1.51. The number of aliphatic carboxylic acids is 1. The van der Waals surface area contributed by atoms with E-state index in [9.17, 15) is 9.90 Å². The van der Waals surface area contributed by atoms with E-state index in [-0.39, 0.29) is 5.92 Å². The number of aromatic nitrogens is 2. The molecular weight excluding hydrogens is 552 g/mol. The number of carboxylic acids is 1. The number of hydrogen-bond acceptors (Lipinski definition) is 7. The summed E-state index contributed by atoms with van der Waals surface area (Å²) in [7, 11) is 0. The SMILES string of the molecule is Cc1c(-c2nc3c(o2)CCNC3)cccc1-c1cccc(-c2nc3cc(CN4CC[C@H](C(=O)O)C4)cc(Cl)c3o2)c1C. The third-order valence-corrected chi connectivity index (χ3v) is 8.83. The highest BCUT2D eigenvalue weighted by Gasteiger charge is 2.28. The van der Waals surface area contributed by atoms with E-state index in [1.807, 2.05) is 30.3 Å². The van der Waals surface area contributed by atoms with Gasteiger partial charge >= 0.3 is 5.97 Å². The number of carboxylic acid groups (broad SMARTS) is 1. The van der Waals surface area contributed by atoms with Gasteiger partial charge in [-0.2, -0.15) is 0 Å². The third-order valence-electron chi connectivity index (χ3n) is 8.55. The van der Waals surface area contributed by atoms with Gasteiger partial charge in [0, 0.05) is 43.7 Å². The molecule has 2 aromatic heterocycles. The molecule has 4 heterocycles. The first-order valence-corrected chi connectivity index (χ1v) is 14.7. The molecule has 0 radical (unpaired) electrons. The summed E-state index contributed by atoms with van der Waals surface area (Å²) in [6, 6.07) is 16.3. The van der Waals surface area contributed by atoms with E-state index < -0.39 is 5.97 Å². The van der Waals surface area contributed by atoms with Crippen LogP contribution >= 0.6 is 11.6 Å². The van der Waals surface area contributed by atoms with Gasteiger partial charge in [0.15, 0.2) is 5.58 Å². The summed E-state index contributed by atoms with van der Waals surface area (Å²) in [5.74, 6) is 1.08. The molecule has 2 aliphatic rings. The molecular formula is C33H31ClN4O4. The maximum atomic E-state index is 11.4. The predicted octanol–water partition coefficient (Wildman–Crippen LogP) is 6.64. The molecule has 7 rings (SSSR count). The highest BCUT2D eigenvalue weighted by Crippen LogP contribution is 2.38. The monoisotopic (exact) mass is 582 g/mol. The number of carbonyl (C=O) groups is 1. The van der Waals surface area contributed by atoms with Crippen molar-refractivity contribution < 1.29 is 18.7 Å². The van der Waals surface area contributed by atoms with E-state index >= 15 is 0 Å². The molecule has 0 bridgehead atoms. The van der Waals surface area contributed by atoms with Crippen LogP contribution < -0.4 is 5.32 Å². The summed E-state index contributed by atoms with van der Waals surface area (Å²) < 4.78 is 12.4. The maximum absolute atomic E-state index is 11.4. The Balaban J connectivity index is 1.21. The molecule has 1 saturated heterocycles. The lowest BCUT2D eigenvalue weighted by Crippen LogP contribution is -2.22. The predicted molar refractivity (Wildman–Crippen MR) is 161 cm³/mol. The minimum atomic E-state index is -0.736. The first kappa shape index (κ1) is 26.9. The number of nitrogens with zero attached hydrogens (tertiary/aromatic N) is 3. The van der Waals surface area contributed by atoms with Crippen molar-refractivity contribution in [1.82, 2.24) is 20.2 Å². The Bertz CT molecular complexity index is 1820. The van der Waals surface area contributed by atoms with Crippen molar-refractivity contribution in [3.63, 3.8) is 0 Å². The van der Waals surface area contributed by atoms with E-state index in [0.717, 1.165) is 76.5 Å². The van der Waals surface area contributed by atoms with Gasteiger partial charge in [-0.15, -0.1) is 0 Å². The standard InChI is InChI=1S/C33H31ClN4O4/c1-18-22(5-3-7-24(18)31-37-28-15-35-11-9-29(28)41-31)23-6-4-8-25(19(23)2)32-36-27-14-20(13-26(34)30(27)42-32)16-38-12-10-21(17-38)33(39)40/h3-8,13-14,21,35H,9-12,15-17H2,1-2H3,(H,39,40)/t21-/m0/s1. The fourth-order valence-corrected chi connectivity index (χ4v) is 6.52. The van der Waals surface area contributed by atoms with E-state index in [2.05, 4.69) is 42.3 Å². The fourth-order valence-electron chi connectivity index (χ4n) is 6.25. The van der Waals surface area contributed by atoms with Gasteiger partial charge < -0.3 is 19.3 Å². The topological polar surface area (TPSA) is 105 Å². The molecule has 0 unspecified atom stereocenters. The van der Waals surface area contributed by atoms with Crippen LogP contribution in [0.5, 0.6) is 0 Å². The highest BCUT2D eigenvalue weighted by molar-refractivity contribution is 6.34. The zero-order valence-corrected chi connectivity index (χ0v) is 24.3. The van der Waals surface area contributed by atoms with Gasteiger partial charge in [0.1, 0.15) is 11.3 Å². The average molecular weight is 583 g/mol. The molecule has 3 aromatic carbocycles. The maximum Gasteiger partial charge on any atom is 0.307 e. The molecule has 9 heteroatoms. The van der Waals surface area contributed by atoms with Crippen molar-refractivity contribution in [2.75, 3.05) is 19.6 Å². The van der Waals surface area contributed by atoms with Crippen LogP contribution in [-0.4, -0.2) is 45.6 Å². The number of likely N-dealkylation sites (tertiary alicyclic amines) is 1. The van der Waals surface area contributed by atoms with Crippen LogP contribution in [0.25, 0.3) is 45.1 Å². The van der Waals surface area contributed by atoms with Gasteiger partial charge in [-0.1, -0.05) is 35.9 Å². The van der Waals surface area contributed by atoms with Crippen molar-refractivity contribution in [3.05, 3.63) is 81.7 Å². The molecule has 1 atom stereocenters. The number of benzene rings is 3. The van der Waals surface area contributed by atoms with Crippen LogP contribution in [0.4, 0.5) is 0 Å². The van der Waals surface area contributed by atoms with Gasteiger partial charge in [0.25, 0.3) is 0 Å². The summed E-state index contributed by atoms with van der Waals surface area (Å²) in [4.78, 5) is 23.2. The number of halogens is 1. The smallest absolute Gasteiger partial charge is 0.307 e. The lowest BCUT2D eigenvalue weighted by atomic mass is 9.91. The molecule has 0 saturated carbocycles. The van der Waals surface area contributed by atoms with Crippen LogP contribution in [0.1, 0.15) is 34.6 Å². The fraction of sp³-hybridized carbons (Fsp3) is 0.303. The van der Waals surface area contributed by atoms with Crippen LogP contribution in [0.2, 0.25) is 5.02 Å². The molecule has 2 N–H and O–H groups in total. The van der Waals surface area contributed by atoms with Gasteiger partial charge in [-0.3, -0.25) is 9.69 Å². The molecule has 1 fully saturated rings. The molecule has 2 aliphatic heterocycles. The Morgan fingerprint density at radius 3 is 2.38 bits per heavy atom. The van der Waals surface area contributed by atoms with Gasteiger partial charge in [0.2, 0.25) is 11.8 Å². The molecule has 0 spiro atoms. The summed E-state index contributed by atoms with van der Waals surface area (Å²) in [6.45, 7) is 7.74. The van der Waals surface area contributed by atoms with Crippen molar-refractivity contribution in [1.29, 1.82) is 0 Å². The van der Waals surface area contributed by atoms with E-state index in [4.69, 9.17) is 30.4 Å². The summed E-state index contributed by atoms with van der Waals surface area (Å²) >= 11 is 6.66. The first-order valence-electron chi connectivity index (χ1n) is 14.3. The van der Waals surface area contributed by atoms with Crippen molar-refractivity contribution in [3.8, 4) is 34.0 Å². The second kappa shape index (κ2) is 10.7. The lowest BCUT2D eigenvalue weighted by molar-refractivity contribution is -0.141. The van der Waals surface area contributed by atoms with Crippen LogP contribution in [-0.2, 0) is 24.3 Å². The van der Waals surface area contributed by atoms with Crippen molar-refractivity contribution in [2.45, 2.75) is 39.8 Å². The van der Waals surface area contributed by atoms with Gasteiger partial charge in [-0.05, 0) is 78.9 Å². The normalized spacial score (nSPS) is 17.2. The Morgan fingerprint density at radius 2 is 1.71 bits per heavy atom. The number of oxazole rings is 2. The Hall–Kier alpha value is -3.98. The number of hydrogen-bond donors (Lipinski definition) is 2. The summed E-state index contributed by atoms with van der Waals surface area (Å²) in [5, 5.41) is 13.2. The molecule has 42 heavy (non-hydrogen) atoms. The number of nitrogens with one attached hydrogen (secondary N) is 1. The van der Waals surface area contributed by atoms with Crippen LogP contribution in [0.3, 0.4) is 0 Å². The third kappa shape index (κ3) is 4.79.